The molecule has 0 radical (unpaired) electrons. The number of halogens is 1. The Morgan fingerprint density at radius 3 is 2.88 bits per heavy atom. The molecule has 0 unspecified atom stereocenters. The molecular formula is C13H14ClNO2. The first kappa shape index (κ1) is 11.1. The number of oxazole rings is 1. The number of alkyl halides is 1. The van der Waals surface area contributed by atoms with Crippen LogP contribution in [0.5, 0.6) is 0 Å². The van der Waals surface area contributed by atoms with Crippen molar-refractivity contribution >= 4 is 22.7 Å². The van der Waals surface area contributed by atoms with Crippen LogP contribution in [-0.2, 0) is 10.2 Å². The molecule has 0 spiro atoms. The Hall–Kier alpha value is -1.06. The van der Waals surface area contributed by atoms with E-state index >= 15 is 0 Å². The van der Waals surface area contributed by atoms with Gasteiger partial charge in [0.1, 0.15) is 5.52 Å². The molecule has 0 saturated carbocycles. The summed E-state index contributed by atoms with van der Waals surface area (Å²) in [4.78, 5) is 4.37. The molecule has 3 nitrogen and oxygen atoms in total. The molecule has 1 saturated heterocycles. The zero-order chi connectivity index (χ0) is 11.9. The zero-order valence-electron chi connectivity index (χ0n) is 9.70. The second-order valence-electron chi connectivity index (χ2n) is 4.63. The van der Waals surface area contributed by atoms with E-state index in [-0.39, 0.29) is 5.41 Å². The summed E-state index contributed by atoms with van der Waals surface area (Å²) < 4.78 is 10.8. The van der Waals surface area contributed by atoms with Gasteiger partial charge in [-0.2, -0.15) is 0 Å². The summed E-state index contributed by atoms with van der Waals surface area (Å²) in [5, 5.41) is 0. The molecule has 1 aliphatic rings. The molecule has 4 heteroatoms. The van der Waals surface area contributed by atoms with Crippen molar-refractivity contribution in [3.63, 3.8) is 0 Å². The van der Waals surface area contributed by atoms with E-state index in [1.165, 1.54) is 5.56 Å². The number of aromatic nitrogens is 1. The minimum absolute atomic E-state index is 0.0861. The van der Waals surface area contributed by atoms with Crippen LogP contribution >= 0.6 is 11.6 Å². The Morgan fingerprint density at radius 2 is 2.24 bits per heavy atom. The van der Waals surface area contributed by atoms with Crippen LogP contribution in [0.15, 0.2) is 22.6 Å². The van der Waals surface area contributed by atoms with Gasteiger partial charge in [0.25, 0.3) is 0 Å². The summed E-state index contributed by atoms with van der Waals surface area (Å²) in [6.45, 7) is 3.37. The lowest BCUT2D eigenvalue weighted by Gasteiger charge is -2.41. The van der Waals surface area contributed by atoms with E-state index in [0.29, 0.717) is 11.8 Å². The summed E-state index contributed by atoms with van der Waals surface area (Å²) >= 11 is 5.88. The first-order chi connectivity index (χ1) is 8.23. The normalized spacial score (nSPS) is 18.2. The molecule has 1 aromatic heterocycles. The standard InChI is InChI=1S/C13H14ClNO2/c1-9-15-11-6-10(2-3-12(11)17-9)13(4-5-14)7-16-8-13/h2-3,6H,4-5,7-8H2,1H3. The highest BCUT2D eigenvalue weighted by Crippen LogP contribution is 2.37. The maximum atomic E-state index is 5.88. The molecule has 0 amide bonds. The van der Waals surface area contributed by atoms with Crippen molar-refractivity contribution in [2.45, 2.75) is 18.8 Å². The minimum Gasteiger partial charge on any atom is -0.441 e. The van der Waals surface area contributed by atoms with Gasteiger partial charge in [-0.25, -0.2) is 4.98 Å². The largest absolute Gasteiger partial charge is 0.441 e. The molecule has 90 valence electrons. The van der Waals surface area contributed by atoms with Gasteiger partial charge in [-0.1, -0.05) is 6.07 Å². The van der Waals surface area contributed by atoms with E-state index in [1.54, 1.807) is 0 Å². The lowest BCUT2D eigenvalue weighted by molar-refractivity contribution is -0.0615. The summed E-state index contributed by atoms with van der Waals surface area (Å²) in [5.74, 6) is 1.35. The molecule has 1 aliphatic heterocycles. The molecule has 0 N–H and O–H groups in total. The topological polar surface area (TPSA) is 35.3 Å². The Balaban J connectivity index is 2.04. The molecule has 1 fully saturated rings. The third-order valence-electron chi connectivity index (χ3n) is 3.44. The molecule has 3 rings (SSSR count). The van der Waals surface area contributed by atoms with Crippen LogP contribution in [0.25, 0.3) is 11.1 Å². The molecule has 0 bridgehead atoms. The van der Waals surface area contributed by atoms with Crippen molar-refractivity contribution < 1.29 is 9.15 Å². The number of hydrogen-bond donors (Lipinski definition) is 0. The summed E-state index contributed by atoms with van der Waals surface area (Å²) in [6.07, 6.45) is 0.941. The molecule has 1 aromatic carbocycles. The summed E-state index contributed by atoms with van der Waals surface area (Å²) in [5.41, 5.74) is 3.10. The maximum absolute atomic E-state index is 5.88. The first-order valence-corrected chi connectivity index (χ1v) is 6.28. The number of ether oxygens (including phenoxy) is 1. The van der Waals surface area contributed by atoms with Crippen molar-refractivity contribution in [2.24, 2.45) is 0 Å². The molecule has 0 aliphatic carbocycles. The summed E-state index contributed by atoms with van der Waals surface area (Å²) in [7, 11) is 0. The smallest absolute Gasteiger partial charge is 0.192 e. The third-order valence-corrected chi connectivity index (χ3v) is 3.63. The van der Waals surface area contributed by atoms with Crippen LogP contribution in [0.1, 0.15) is 17.9 Å². The van der Waals surface area contributed by atoms with Crippen LogP contribution < -0.4 is 0 Å². The molecule has 2 aromatic rings. The average Bonchev–Trinajstić information content (AvgIpc) is 2.62. The van der Waals surface area contributed by atoms with E-state index in [4.69, 9.17) is 20.8 Å². The zero-order valence-corrected chi connectivity index (χ0v) is 10.5. The quantitative estimate of drug-likeness (QED) is 0.787. The molecule has 0 atom stereocenters. The third kappa shape index (κ3) is 1.74. The first-order valence-electron chi connectivity index (χ1n) is 5.75. The SMILES string of the molecule is Cc1nc2cc(C3(CCCl)COC3)ccc2o1. The highest BCUT2D eigenvalue weighted by atomic mass is 35.5. The average molecular weight is 252 g/mol. The van der Waals surface area contributed by atoms with E-state index in [2.05, 4.69) is 17.1 Å². The second-order valence-corrected chi connectivity index (χ2v) is 5.01. The van der Waals surface area contributed by atoms with Crippen LogP contribution in [0.3, 0.4) is 0 Å². The maximum Gasteiger partial charge on any atom is 0.192 e. The number of nitrogens with zero attached hydrogens (tertiary/aromatic N) is 1. The monoisotopic (exact) mass is 251 g/mol. The number of hydrogen-bond acceptors (Lipinski definition) is 3. The van der Waals surface area contributed by atoms with Gasteiger partial charge >= 0.3 is 0 Å². The Labute approximate surface area is 105 Å². The van der Waals surface area contributed by atoms with Gasteiger partial charge in [-0.15, -0.1) is 11.6 Å². The van der Waals surface area contributed by atoms with Gasteiger partial charge in [0, 0.05) is 18.2 Å². The van der Waals surface area contributed by atoms with Gasteiger partial charge in [0.15, 0.2) is 11.5 Å². The van der Waals surface area contributed by atoms with Crippen molar-refractivity contribution in [3.8, 4) is 0 Å². The molecular weight excluding hydrogens is 238 g/mol. The van der Waals surface area contributed by atoms with Gasteiger partial charge in [0.2, 0.25) is 0 Å². The molecule has 17 heavy (non-hydrogen) atoms. The lowest BCUT2D eigenvalue weighted by atomic mass is 9.76. The number of fused-ring (bicyclic) bond motifs is 1. The minimum atomic E-state index is 0.0861. The fourth-order valence-corrected chi connectivity index (χ4v) is 2.72. The van der Waals surface area contributed by atoms with Gasteiger partial charge < -0.3 is 9.15 Å². The van der Waals surface area contributed by atoms with Gasteiger partial charge in [-0.3, -0.25) is 0 Å². The van der Waals surface area contributed by atoms with E-state index in [0.717, 1.165) is 30.7 Å². The van der Waals surface area contributed by atoms with Gasteiger partial charge in [-0.05, 0) is 24.1 Å². The van der Waals surface area contributed by atoms with Crippen molar-refractivity contribution in [2.75, 3.05) is 19.1 Å². The number of rotatable bonds is 3. The Kier molecular flexibility index (Phi) is 2.60. The van der Waals surface area contributed by atoms with Crippen LogP contribution in [-0.4, -0.2) is 24.1 Å². The van der Waals surface area contributed by atoms with Crippen LogP contribution in [0.2, 0.25) is 0 Å². The highest BCUT2D eigenvalue weighted by Gasteiger charge is 2.39. The highest BCUT2D eigenvalue weighted by molar-refractivity contribution is 6.17. The van der Waals surface area contributed by atoms with Crippen LogP contribution in [0.4, 0.5) is 0 Å². The predicted octanol–water partition coefficient (Wildman–Crippen LogP) is 3.03. The van der Waals surface area contributed by atoms with Crippen molar-refractivity contribution in [1.82, 2.24) is 4.98 Å². The van der Waals surface area contributed by atoms with Gasteiger partial charge in [0.05, 0.1) is 13.2 Å². The lowest BCUT2D eigenvalue weighted by Crippen LogP contribution is -2.47. The number of aryl methyl sites for hydroxylation is 1. The predicted molar refractivity (Wildman–Crippen MR) is 66.6 cm³/mol. The number of benzene rings is 1. The fourth-order valence-electron chi connectivity index (χ4n) is 2.36. The van der Waals surface area contributed by atoms with E-state index in [9.17, 15) is 0 Å². The second kappa shape index (κ2) is 4.00. The fraction of sp³-hybridized carbons (Fsp3) is 0.462. The van der Waals surface area contributed by atoms with E-state index in [1.807, 2.05) is 13.0 Å². The van der Waals surface area contributed by atoms with Crippen molar-refractivity contribution in [1.29, 1.82) is 0 Å². The van der Waals surface area contributed by atoms with E-state index < -0.39 is 0 Å². The summed E-state index contributed by atoms with van der Waals surface area (Å²) in [6, 6.07) is 6.18. The Bertz CT molecular complexity index is 545. The molecule has 2 heterocycles. The van der Waals surface area contributed by atoms with Crippen LogP contribution in [0, 0.1) is 6.92 Å². The van der Waals surface area contributed by atoms with Crippen molar-refractivity contribution in [3.05, 3.63) is 29.7 Å². The Morgan fingerprint density at radius 1 is 1.41 bits per heavy atom.